The lowest BCUT2D eigenvalue weighted by Gasteiger charge is -2.17. The van der Waals surface area contributed by atoms with Gasteiger partial charge in [0.2, 0.25) is 0 Å². The molecule has 0 aliphatic rings. The maximum atomic E-state index is 11.3. The van der Waals surface area contributed by atoms with Crippen LogP contribution in [0.5, 0.6) is 0 Å². The summed E-state index contributed by atoms with van der Waals surface area (Å²) in [7, 11) is 0. The third-order valence-electron chi connectivity index (χ3n) is 2.32. The second-order valence-electron chi connectivity index (χ2n) is 3.52. The van der Waals surface area contributed by atoms with Crippen LogP contribution in [0.2, 0.25) is 0 Å². The lowest BCUT2D eigenvalue weighted by Crippen LogP contribution is -2.29. The Morgan fingerprint density at radius 1 is 1.53 bits per heavy atom. The Morgan fingerprint density at radius 3 is 2.82 bits per heavy atom. The molecule has 2 N–H and O–H groups in total. The monoisotopic (exact) mass is 236 g/mol. The number of esters is 1. The van der Waals surface area contributed by atoms with E-state index in [4.69, 9.17) is 0 Å². The highest BCUT2D eigenvalue weighted by molar-refractivity contribution is 5.75. The Labute approximate surface area is 100 Å². The van der Waals surface area contributed by atoms with Gasteiger partial charge in [-0.1, -0.05) is 30.9 Å². The molecule has 0 aromatic heterocycles. The van der Waals surface area contributed by atoms with E-state index in [1.807, 2.05) is 0 Å². The first-order chi connectivity index (χ1) is 8.10. The number of ether oxygens (including phenoxy) is 1. The summed E-state index contributed by atoms with van der Waals surface area (Å²) in [6.07, 6.45) is -1.25. The average Bonchev–Trinajstić information content (AvgIpc) is 2.37. The minimum absolute atomic E-state index is 0.162. The van der Waals surface area contributed by atoms with Gasteiger partial charge in [-0.05, 0) is 24.1 Å². The molecule has 1 aromatic carbocycles. The van der Waals surface area contributed by atoms with E-state index in [9.17, 15) is 15.0 Å². The van der Waals surface area contributed by atoms with Gasteiger partial charge in [-0.25, -0.2) is 4.79 Å². The highest BCUT2D eigenvalue weighted by Gasteiger charge is 2.26. The second kappa shape index (κ2) is 6.18. The Kier molecular flexibility index (Phi) is 4.87. The molecule has 1 aromatic rings. The molecule has 0 spiro atoms. The van der Waals surface area contributed by atoms with Crippen molar-refractivity contribution >= 4 is 12.0 Å². The summed E-state index contributed by atoms with van der Waals surface area (Å²) < 4.78 is 4.63. The first-order valence-corrected chi connectivity index (χ1v) is 5.35. The van der Waals surface area contributed by atoms with Crippen molar-refractivity contribution in [2.75, 3.05) is 6.61 Å². The average molecular weight is 236 g/mol. The molecular weight excluding hydrogens is 220 g/mol. The first kappa shape index (κ1) is 13.4. The molecule has 0 amide bonds. The molecule has 92 valence electrons. The zero-order valence-corrected chi connectivity index (χ0v) is 9.67. The van der Waals surface area contributed by atoms with E-state index in [-0.39, 0.29) is 6.61 Å². The van der Waals surface area contributed by atoms with Gasteiger partial charge >= 0.3 is 5.97 Å². The van der Waals surface area contributed by atoms with Crippen molar-refractivity contribution in [1.29, 1.82) is 0 Å². The van der Waals surface area contributed by atoms with Crippen molar-refractivity contribution in [3.63, 3.8) is 0 Å². The zero-order valence-electron chi connectivity index (χ0n) is 9.67. The molecule has 0 heterocycles. The Balaban J connectivity index is 2.83. The van der Waals surface area contributed by atoms with Crippen LogP contribution in [0.15, 0.2) is 30.8 Å². The summed E-state index contributed by atoms with van der Waals surface area (Å²) in [6, 6.07) is 6.80. The number of aliphatic hydroxyl groups excluding tert-OH is 2. The van der Waals surface area contributed by atoms with Crippen LogP contribution in [0.1, 0.15) is 24.2 Å². The number of rotatable bonds is 5. The molecule has 4 nitrogen and oxygen atoms in total. The number of benzene rings is 1. The summed E-state index contributed by atoms with van der Waals surface area (Å²) >= 11 is 0. The predicted octanol–water partition coefficient (Wildman–Crippen LogP) is 1.29. The van der Waals surface area contributed by atoms with Gasteiger partial charge in [0.1, 0.15) is 6.10 Å². The molecular formula is C13H16O4. The van der Waals surface area contributed by atoms with Gasteiger partial charge in [0, 0.05) is 0 Å². The maximum Gasteiger partial charge on any atom is 0.338 e. The van der Waals surface area contributed by atoms with Crippen LogP contribution in [0.25, 0.3) is 6.08 Å². The second-order valence-corrected chi connectivity index (χ2v) is 3.52. The van der Waals surface area contributed by atoms with E-state index < -0.39 is 18.2 Å². The van der Waals surface area contributed by atoms with E-state index in [1.165, 1.54) is 0 Å². The molecule has 0 radical (unpaired) electrons. The van der Waals surface area contributed by atoms with Crippen molar-refractivity contribution in [2.24, 2.45) is 0 Å². The van der Waals surface area contributed by atoms with Gasteiger partial charge in [0.15, 0.2) is 6.10 Å². The van der Waals surface area contributed by atoms with Crippen molar-refractivity contribution in [3.05, 3.63) is 42.0 Å². The number of carbonyl (C=O) groups is 1. The third-order valence-corrected chi connectivity index (χ3v) is 2.32. The zero-order chi connectivity index (χ0) is 12.8. The third kappa shape index (κ3) is 3.41. The molecule has 0 aliphatic heterocycles. The standard InChI is InChI=1S/C13H16O4/c1-3-9-6-5-7-10(8-9)11(14)12(15)13(16)17-4-2/h3,5-8,11-12,14-15H,1,4H2,2H3. The lowest BCUT2D eigenvalue weighted by molar-refractivity contribution is -0.159. The van der Waals surface area contributed by atoms with Crippen molar-refractivity contribution < 1.29 is 19.7 Å². The van der Waals surface area contributed by atoms with Gasteiger partial charge in [-0.3, -0.25) is 0 Å². The van der Waals surface area contributed by atoms with Crippen LogP contribution in [0.3, 0.4) is 0 Å². The van der Waals surface area contributed by atoms with Crippen LogP contribution < -0.4 is 0 Å². The summed E-state index contributed by atoms with van der Waals surface area (Å²) in [5.74, 6) is -0.830. The van der Waals surface area contributed by atoms with Gasteiger partial charge in [0.05, 0.1) is 6.61 Å². The van der Waals surface area contributed by atoms with E-state index in [1.54, 1.807) is 37.3 Å². The molecule has 0 saturated heterocycles. The highest BCUT2D eigenvalue weighted by atomic mass is 16.5. The van der Waals surface area contributed by atoms with Crippen LogP contribution in [-0.4, -0.2) is 28.9 Å². The number of aliphatic hydroxyl groups is 2. The minimum Gasteiger partial charge on any atom is -0.464 e. The Hall–Kier alpha value is -1.65. The Morgan fingerprint density at radius 2 is 2.24 bits per heavy atom. The van der Waals surface area contributed by atoms with Crippen LogP contribution in [-0.2, 0) is 9.53 Å². The van der Waals surface area contributed by atoms with Gasteiger partial charge in [-0.2, -0.15) is 0 Å². The van der Waals surface area contributed by atoms with Crippen LogP contribution in [0, 0.1) is 0 Å². The Bertz CT molecular complexity index is 400. The molecule has 0 fully saturated rings. The lowest BCUT2D eigenvalue weighted by atomic mass is 10.0. The normalized spacial score (nSPS) is 13.8. The summed E-state index contributed by atoms with van der Waals surface area (Å²) in [5.41, 5.74) is 1.25. The molecule has 17 heavy (non-hydrogen) atoms. The molecule has 4 heteroatoms. The fourth-order valence-electron chi connectivity index (χ4n) is 1.41. The number of hydrogen-bond donors (Lipinski definition) is 2. The van der Waals surface area contributed by atoms with Gasteiger partial charge < -0.3 is 14.9 Å². The molecule has 0 bridgehead atoms. The van der Waals surface area contributed by atoms with E-state index in [0.29, 0.717) is 5.56 Å². The smallest absolute Gasteiger partial charge is 0.338 e. The van der Waals surface area contributed by atoms with Crippen molar-refractivity contribution in [3.8, 4) is 0 Å². The van der Waals surface area contributed by atoms with E-state index in [2.05, 4.69) is 11.3 Å². The fourth-order valence-corrected chi connectivity index (χ4v) is 1.41. The topological polar surface area (TPSA) is 66.8 Å². The van der Waals surface area contributed by atoms with Gasteiger partial charge in [0.25, 0.3) is 0 Å². The van der Waals surface area contributed by atoms with Crippen molar-refractivity contribution in [1.82, 2.24) is 0 Å². The summed E-state index contributed by atoms with van der Waals surface area (Å²) in [4.78, 5) is 11.3. The largest absolute Gasteiger partial charge is 0.464 e. The fraction of sp³-hybridized carbons (Fsp3) is 0.308. The van der Waals surface area contributed by atoms with E-state index in [0.717, 1.165) is 5.56 Å². The number of carbonyl (C=O) groups excluding carboxylic acids is 1. The summed E-state index contributed by atoms with van der Waals surface area (Å²) in [6.45, 7) is 5.40. The molecule has 0 aliphatic carbocycles. The highest BCUT2D eigenvalue weighted by Crippen LogP contribution is 2.19. The molecule has 1 rings (SSSR count). The maximum absolute atomic E-state index is 11.3. The molecule has 2 unspecified atom stereocenters. The van der Waals surface area contributed by atoms with E-state index >= 15 is 0 Å². The van der Waals surface area contributed by atoms with Gasteiger partial charge in [-0.15, -0.1) is 0 Å². The van der Waals surface area contributed by atoms with Crippen LogP contribution >= 0.6 is 0 Å². The first-order valence-electron chi connectivity index (χ1n) is 5.35. The number of hydrogen-bond acceptors (Lipinski definition) is 4. The predicted molar refractivity (Wildman–Crippen MR) is 64.1 cm³/mol. The molecule has 2 atom stereocenters. The molecule has 0 saturated carbocycles. The van der Waals surface area contributed by atoms with Crippen molar-refractivity contribution in [2.45, 2.75) is 19.1 Å². The van der Waals surface area contributed by atoms with Crippen LogP contribution in [0.4, 0.5) is 0 Å². The minimum atomic E-state index is -1.57. The quantitative estimate of drug-likeness (QED) is 0.756. The SMILES string of the molecule is C=Cc1cccc(C(O)C(O)C(=O)OCC)c1. The summed E-state index contributed by atoms with van der Waals surface area (Å²) in [5, 5.41) is 19.4.